The first-order valence-corrected chi connectivity index (χ1v) is 5.09. The van der Waals surface area contributed by atoms with Crippen LogP contribution in [0.25, 0.3) is 0 Å². The van der Waals surface area contributed by atoms with Gasteiger partial charge in [0, 0.05) is 18.9 Å². The van der Waals surface area contributed by atoms with Crippen molar-refractivity contribution in [1.82, 2.24) is 0 Å². The highest BCUT2D eigenvalue weighted by atomic mass is 19.4. The molecule has 1 aliphatic rings. The van der Waals surface area contributed by atoms with Crippen LogP contribution < -0.4 is 9.47 Å². The molecular formula is C11H9F3O4. The Bertz CT molecular complexity index is 466. The number of alkyl halides is 3. The molecule has 0 aliphatic heterocycles. The first kappa shape index (κ1) is 12.5. The highest BCUT2D eigenvalue weighted by Gasteiger charge is 2.53. The molecule has 1 aliphatic carbocycles. The molecule has 0 bridgehead atoms. The molecule has 1 aromatic rings. The summed E-state index contributed by atoms with van der Waals surface area (Å²) in [6, 6.07) is 4.80. The number of hydrogen-bond acceptors (Lipinski definition) is 3. The molecule has 0 heterocycles. The molecule has 7 heteroatoms. The summed E-state index contributed by atoms with van der Waals surface area (Å²) >= 11 is 0. The van der Waals surface area contributed by atoms with E-state index >= 15 is 0 Å². The predicted molar refractivity (Wildman–Crippen MR) is 53.4 cm³/mol. The minimum Gasteiger partial charge on any atom is -0.478 e. The SMILES string of the molecule is O=C(O)C1(Oc2cccc(OC(F)(F)F)c2)CC1. The lowest BCUT2D eigenvalue weighted by atomic mass is 10.3. The Morgan fingerprint density at radius 3 is 2.39 bits per heavy atom. The summed E-state index contributed by atoms with van der Waals surface area (Å²) in [5.41, 5.74) is -1.29. The Morgan fingerprint density at radius 1 is 1.28 bits per heavy atom. The first-order chi connectivity index (χ1) is 8.31. The molecule has 2 rings (SSSR count). The third-order valence-corrected chi connectivity index (χ3v) is 2.45. The van der Waals surface area contributed by atoms with Crippen molar-refractivity contribution in [3.8, 4) is 11.5 Å². The Hall–Kier alpha value is -1.92. The Morgan fingerprint density at radius 2 is 1.89 bits per heavy atom. The van der Waals surface area contributed by atoms with Crippen molar-refractivity contribution >= 4 is 5.97 Å². The minimum atomic E-state index is -4.79. The zero-order chi connectivity index (χ0) is 13.4. The number of aliphatic carboxylic acids is 1. The summed E-state index contributed by atoms with van der Waals surface area (Å²) in [5, 5.41) is 8.88. The van der Waals surface area contributed by atoms with Gasteiger partial charge in [-0.2, -0.15) is 0 Å². The van der Waals surface area contributed by atoms with Gasteiger partial charge in [0.2, 0.25) is 5.60 Å². The summed E-state index contributed by atoms with van der Waals surface area (Å²) in [6.07, 6.45) is -4.11. The molecule has 98 valence electrons. The largest absolute Gasteiger partial charge is 0.573 e. The van der Waals surface area contributed by atoms with E-state index in [0.29, 0.717) is 12.8 Å². The van der Waals surface area contributed by atoms with Gasteiger partial charge in [-0.3, -0.25) is 0 Å². The number of halogens is 3. The van der Waals surface area contributed by atoms with Gasteiger partial charge in [-0.15, -0.1) is 13.2 Å². The maximum atomic E-state index is 12.0. The summed E-state index contributed by atoms with van der Waals surface area (Å²) in [7, 11) is 0. The average molecular weight is 262 g/mol. The molecule has 0 atom stereocenters. The van der Waals surface area contributed by atoms with Gasteiger partial charge in [0.15, 0.2) is 0 Å². The lowest BCUT2D eigenvalue weighted by molar-refractivity contribution is -0.274. The number of hydrogen-bond donors (Lipinski definition) is 1. The van der Waals surface area contributed by atoms with Crippen molar-refractivity contribution in [2.75, 3.05) is 0 Å². The Kier molecular flexibility index (Phi) is 2.84. The standard InChI is InChI=1S/C11H9F3O4/c12-11(13,14)18-8-3-1-2-7(6-8)17-10(4-5-10)9(15)16/h1-3,6H,4-5H2,(H,15,16). The molecule has 1 aromatic carbocycles. The highest BCUT2D eigenvalue weighted by molar-refractivity contribution is 5.81. The van der Waals surface area contributed by atoms with Crippen LogP contribution in [0.3, 0.4) is 0 Å². The molecule has 0 unspecified atom stereocenters. The van der Waals surface area contributed by atoms with E-state index in [1.54, 1.807) is 0 Å². The normalized spacial score (nSPS) is 17.1. The molecule has 0 aromatic heterocycles. The number of benzene rings is 1. The van der Waals surface area contributed by atoms with Crippen LogP contribution in [0.4, 0.5) is 13.2 Å². The van der Waals surface area contributed by atoms with Crippen molar-refractivity contribution in [1.29, 1.82) is 0 Å². The van der Waals surface area contributed by atoms with Crippen LogP contribution in [0, 0.1) is 0 Å². The Balaban J connectivity index is 2.11. The second-order valence-electron chi connectivity index (χ2n) is 3.92. The number of carboxylic acids is 1. The van der Waals surface area contributed by atoms with E-state index in [-0.39, 0.29) is 5.75 Å². The number of ether oxygens (including phenoxy) is 2. The lowest BCUT2D eigenvalue weighted by Crippen LogP contribution is -2.29. The summed E-state index contributed by atoms with van der Waals surface area (Å²) in [4.78, 5) is 10.9. The zero-order valence-electron chi connectivity index (χ0n) is 9.03. The van der Waals surface area contributed by atoms with Crippen molar-refractivity contribution in [2.45, 2.75) is 24.8 Å². The molecule has 1 fully saturated rings. The van der Waals surface area contributed by atoms with Gasteiger partial charge in [0.25, 0.3) is 0 Å². The fourth-order valence-electron chi connectivity index (χ4n) is 1.43. The van der Waals surface area contributed by atoms with Crippen LogP contribution >= 0.6 is 0 Å². The van der Waals surface area contributed by atoms with Crippen molar-refractivity contribution in [3.05, 3.63) is 24.3 Å². The van der Waals surface area contributed by atoms with Gasteiger partial charge in [-0.25, -0.2) is 4.79 Å². The van der Waals surface area contributed by atoms with Crippen LogP contribution in [-0.2, 0) is 4.79 Å². The fourth-order valence-corrected chi connectivity index (χ4v) is 1.43. The van der Waals surface area contributed by atoms with Gasteiger partial charge >= 0.3 is 12.3 Å². The smallest absolute Gasteiger partial charge is 0.478 e. The molecule has 0 amide bonds. The van der Waals surface area contributed by atoms with Crippen LogP contribution in [0.1, 0.15) is 12.8 Å². The Labute approximate surface area is 99.9 Å². The summed E-state index contributed by atoms with van der Waals surface area (Å²) in [6.45, 7) is 0. The molecule has 4 nitrogen and oxygen atoms in total. The zero-order valence-corrected chi connectivity index (χ0v) is 9.03. The highest BCUT2D eigenvalue weighted by Crippen LogP contribution is 2.41. The molecule has 1 saturated carbocycles. The summed E-state index contributed by atoms with van der Waals surface area (Å²) < 4.78 is 44.9. The van der Waals surface area contributed by atoms with E-state index < -0.39 is 23.7 Å². The fraction of sp³-hybridized carbons (Fsp3) is 0.364. The van der Waals surface area contributed by atoms with Gasteiger partial charge in [0.1, 0.15) is 11.5 Å². The summed E-state index contributed by atoms with van der Waals surface area (Å²) in [5.74, 6) is -1.53. The minimum absolute atomic E-state index is 0.0386. The third kappa shape index (κ3) is 2.85. The monoisotopic (exact) mass is 262 g/mol. The topological polar surface area (TPSA) is 55.8 Å². The van der Waals surface area contributed by atoms with E-state index in [9.17, 15) is 18.0 Å². The third-order valence-electron chi connectivity index (χ3n) is 2.45. The van der Waals surface area contributed by atoms with Crippen LogP contribution in [0.2, 0.25) is 0 Å². The van der Waals surface area contributed by atoms with E-state index in [4.69, 9.17) is 9.84 Å². The van der Waals surface area contributed by atoms with Crippen molar-refractivity contribution in [3.63, 3.8) is 0 Å². The lowest BCUT2D eigenvalue weighted by Gasteiger charge is -2.14. The average Bonchev–Trinajstić information content (AvgIpc) is 2.96. The molecule has 0 saturated heterocycles. The van der Waals surface area contributed by atoms with Crippen LogP contribution in [0.5, 0.6) is 11.5 Å². The molecule has 0 spiro atoms. The van der Waals surface area contributed by atoms with E-state index in [1.807, 2.05) is 0 Å². The second kappa shape index (κ2) is 4.08. The van der Waals surface area contributed by atoms with Crippen molar-refractivity contribution in [2.24, 2.45) is 0 Å². The van der Waals surface area contributed by atoms with Gasteiger partial charge in [-0.05, 0) is 12.1 Å². The van der Waals surface area contributed by atoms with Gasteiger partial charge in [0.05, 0.1) is 0 Å². The maximum Gasteiger partial charge on any atom is 0.573 e. The first-order valence-electron chi connectivity index (χ1n) is 5.09. The molecule has 1 N–H and O–H groups in total. The molecular weight excluding hydrogens is 253 g/mol. The van der Waals surface area contributed by atoms with E-state index in [2.05, 4.69) is 4.74 Å². The maximum absolute atomic E-state index is 12.0. The predicted octanol–water partition coefficient (Wildman–Crippen LogP) is 2.58. The van der Waals surface area contributed by atoms with Gasteiger partial charge < -0.3 is 14.6 Å². The van der Waals surface area contributed by atoms with E-state index in [1.165, 1.54) is 12.1 Å². The molecule has 18 heavy (non-hydrogen) atoms. The van der Waals surface area contributed by atoms with Crippen LogP contribution in [0.15, 0.2) is 24.3 Å². The van der Waals surface area contributed by atoms with Gasteiger partial charge in [-0.1, -0.05) is 6.07 Å². The number of carbonyl (C=O) groups is 1. The molecule has 0 radical (unpaired) electrons. The van der Waals surface area contributed by atoms with Crippen molar-refractivity contribution < 1.29 is 32.5 Å². The van der Waals surface area contributed by atoms with E-state index in [0.717, 1.165) is 12.1 Å². The second-order valence-corrected chi connectivity index (χ2v) is 3.92. The van der Waals surface area contributed by atoms with Crippen LogP contribution in [-0.4, -0.2) is 23.0 Å². The number of carboxylic acid groups (broad SMARTS) is 1. The number of rotatable bonds is 4. The quantitative estimate of drug-likeness (QED) is 0.906.